The van der Waals surface area contributed by atoms with Crippen LogP contribution in [0.15, 0.2) is 12.4 Å². The summed E-state index contributed by atoms with van der Waals surface area (Å²) in [4.78, 5) is 10.6. The number of aromatic nitrogens is 2. The molecule has 1 fully saturated rings. The van der Waals surface area contributed by atoms with Crippen molar-refractivity contribution in [1.82, 2.24) is 14.9 Å². The minimum atomic E-state index is 0.510. The van der Waals surface area contributed by atoms with Crippen molar-refractivity contribution in [2.24, 2.45) is 0 Å². The number of rotatable bonds is 5. The van der Waals surface area contributed by atoms with Crippen LogP contribution in [0, 0.1) is 0 Å². The summed E-state index contributed by atoms with van der Waals surface area (Å²) in [6.07, 6.45) is 5.34. The van der Waals surface area contributed by atoms with Gasteiger partial charge in [-0.1, -0.05) is 6.42 Å². The monoisotopic (exact) mass is 250 g/mol. The zero-order valence-electron chi connectivity index (χ0n) is 11.2. The Hall–Kier alpha value is -1.36. The van der Waals surface area contributed by atoms with Gasteiger partial charge in [-0.3, -0.25) is 0 Å². The molecule has 1 aromatic rings. The van der Waals surface area contributed by atoms with Gasteiger partial charge in [0.1, 0.15) is 18.8 Å². The number of likely N-dealkylation sites (N-methyl/N-ethyl adjacent to an activating group) is 1. The Bertz CT molecular complexity index is 372. The van der Waals surface area contributed by atoms with Gasteiger partial charge in [0, 0.05) is 18.7 Å². The smallest absolute Gasteiger partial charge is 0.218 e. The number of likely N-dealkylation sites (tertiary alicyclic amines) is 1. The van der Waals surface area contributed by atoms with Crippen molar-refractivity contribution in [3.8, 4) is 5.88 Å². The van der Waals surface area contributed by atoms with Gasteiger partial charge in [-0.2, -0.15) is 0 Å². The first kappa shape index (κ1) is 13.1. The molecular weight excluding hydrogens is 228 g/mol. The molecule has 0 spiro atoms. The van der Waals surface area contributed by atoms with Gasteiger partial charge in [0.2, 0.25) is 5.88 Å². The highest BCUT2D eigenvalue weighted by Crippen LogP contribution is 2.17. The van der Waals surface area contributed by atoms with Crippen LogP contribution in [0.5, 0.6) is 5.88 Å². The van der Waals surface area contributed by atoms with E-state index in [1.165, 1.54) is 32.1 Å². The maximum absolute atomic E-state index is 5.77. The zero-order valence-corrected chi connectivity index (χ0v) is 11.2. The van der Waals surface area contributed by atoms with Crippen LogP contribution in [0.4, 0.5) is 5.82 Å². The Labute approximate surface area is 109 Å². The maximum Gasteiger partial charge on any atom is 0.218 e. The second kappa shape index (κ2) is 6.54. The van der Waals surface area contributed by atoms with Crippen molar-refractivity contribution in [2.75, 3.05) is 32.1 Å². The van der Waals surface area contributed by atoms with E-state index in [1.54, 1.807) is 0 Å². The van der Waals surface area contributed by atoms with E-state index in [-0.39, 0.29) is 0 Å². The van der Waals surface area contributed by atoms with Gasteiger partial charge in [0.05, 0.1) is 0 Å². The number of nitrogens with zero attached hydrogens (tertiary/aromatic N) is 3. The fourth-order valence-corrected chi connectivity index (χ4v) is 2.23. The highest BCUT2D eigenvalue weighted by atomic mass is 16.5. The van der Waals surface area contributed by atoms with Gasteiger partial charge in [0.15, 0.2) is 0 Å². The number of piperidine rings is 1. The van der Waals surface area contributed by atoms with E-state index in [4.69, 9.17) is 4.74 Å². The molecule has 1 atom stereocenters. The minimum Gasteiger partial charge on any atom is -0.476 e. The molecule has 2 rings (SSSR count). The molecule has 0 aliphatic carbocycles. The molecule has 1 saturated heterocycles. The van der Waals surface area contributed by atoms with Crippen LogP contribution < -0.4 is 10.1 Å². The Morgan fingerprint density at radius 2 is 2.33 bits per heavy atom. The maximum atomic E-state index is 5.77. The third kappa shape index (κ3) is 3.57. The van der Waals surface area contributed by atoms with E-state index >= 15 is 0 Å². The summed E-state index contributed by atoms with van der Waals surface area (Å²) in [7, 11) is 2.16. The predicted octanol–water partition coefficient (Wildman–Crippen LogP) is 1.77. The van der Waals surface area contributed by atoms with Crippen LogP contribution in [-0.4, -0.2) is 47.7 Å². The lowest BCUT2D eigenvalue weighted by molar-refractivity contribution is 0.122. The van der Waals surface area contributed by atoms with Crippen LogP contribution in [0.2, 0.25) is 0 Å². The second-order valence-electron chi connectivity index (χ2n) is 4.71. The van der Waals surface area contributed by atoms with Crippen molar-refractivity contribution >= 4 is 5.82 Å². The normalized spacial score (nSPS) is 20.7. The quantitative estimate of drug-likeness (QED) is 0.863. The highest BCUT2D eigenvalue weighted by molar-refractivity contribution is 5.36. The van der Waals surface area contributed by atoms with Crippen LogP contribution in [0.1, 0.15) is 26.2 Å². The molecule has 5 heteroatoms. The molecule has 100 valence electrons. The SMILES string of the molecule is CCNc1cc(OCC2CCCCN2C)ncn1. The molecule has 0 amide bonds. The van der Waals surface area contributed by atoms with Crippen LogP contribution in [-0.2, 0) is 0 Å². The topological polar surface area (TPSA) is 50.3 Å². The average Bonchev–Trinajstić information content (AvgIpc) is 2.39. The molecular formula is C13H22N4O. The van der Waals surface area contributed by atoms with Crippen LogP contribution in [0.3, 0.4) is 0 Å². The molecule has 2 heterocycles. The van der Waals surface area contributed by atoms with E-state index in [0.29, 0.717) is 18.5 Å². The van der Waals surface area contributed by atoms with Crippen LogP contribution >= 0.6 is 0 Å². The third-order valence-corrected chi connectivity index (χ3v) is 3.35. The Balaban J connectivity index is 1.87. The third-order valence-electron chi connectivity index (χ3n) is 3.35. The lowest BCUT2D eigenvalue weighted by Crippen LogP contribution is -2.40. The van der Waals surface area contributed by atoms with Gasteiger partial charge in [-0.25, -0.2) is 9.97 Å². The zero-order chi connectivity index (χ0) is 12.8. The summed E-state index contributed by atoms with van der Waals surface area (Å²) in [6, 6.07) is 2.36. The van der Waals surface area contributed by atoms with E-state index in [1.807, 2.05) is 13.0 Å². The molecule has 0 aromatic carbocycles. The van der Waals surface area contributed by atoms with Crippen molar-refractivity contribution in [3.05, 3.63) is 12.4 Å². The Kier molecular flexibility index (Phi) is 4.75. The summed E-state index contributed by atoms with van der Waals surface area (Å²) in [5, 5.41) is 3.15. The van der Waals surface area contributed by atoms with Gasteiger partial charge < -0.3 is 15.0 Å². The Morgan fingerprint density at radius 3 is 3.11 bits per heavy atom. The van der Waals surface area contributed by atoms with E-state index < -0.39 is 0 Å². The first-order valence-electron chi connectivity index (χ1n) is 6.68. The van der Waals surface area contributed by atoms with Crippen molar-refractivity contribution in [3.63, 3.8) is 0 Å². The molecule has 1 N–H and O–H groups in total. The van der Waals surface area contributed by atoms with E-state index in [9.17, 15) is 0 Å². The minimum absolute atomic E-state index is 0.510. The molecule has 0 radical (unpaired) electrons. The number of anilines is 1. The van der Waals surface area contributed by atoms with Gasteiger partial charge >= 0.3 is 0 Å². The standard InChI is InChI=1S/C13H22N4O/c1-3-14-12-8-13(16-10-15-12)18-9-11-6-4-5-7-17(11)2/h8,10-11H,3-7,9H2,1-2H3,(H,14,15,16). The second-order valence-corrected chi connectivity index (χ2v) is 4.71. The average molecular weight is 250 g/mol. The molecule has 0 bridgehead atoms. The molecule has 0 saturated carbocycles. The predicted molar refractivity (Wildman–Crippen MR) is 72.0 cm³/mol. The molecule has 1 unspecified atom stereocenters. The van der Waals surface area contributed by atoms with Gasteiger partial charge in [-0.05, 0) is 33.4 Å². The number of ether oxygens (including phenoxy) is 1. The van der Waals surface area contributed by atoms with Crippen LogP contribution in [0.25, 0.3) is 0 Å². The summed E-state index contributed by atoms with van der Waals surface area (Å²) in [5.74, 6) is 1.47. The summed E-state index contributed by atoms with van der Waals surface area (Å²) < 4.78 is 5.77. The fraction of sp³-hybridized carbons (Fsp3) is 0.692. The molecule has 1 aliphatic heterocycles. The Morgan fingerprint density at radius 1 is 1.44 bits per heavy atom. The fourth-order valence-electron chi connectivity index (χ4n) is 2.23. The number of hydrogen-bond donors (Lipinski definition) is 1. The van der Waals surface area contributed by atoms with E-state index in [2.05, 4.69) is 27.2 Å². The van der Waals surface area contributed by atoms with Crippen molar-refractivity contribution in [2.45, 2.75) is 32.2 Å². The summed E-state index contributed by atoms with van der Waals surface area (Å²) in [5.41, 5.74) is 0. The lowest BCUT2D eigenvalue weighted by atomic mass is 10.0. The summed E-state index contributed by atoms with van der Waals surface area (Å²) in [6.45, 7) is 4.76. The molecule has 1 aliphatic rings. The molecule has 18 heavy (non-hydrogen) atoms. The van der Waals surface area contributed by atoms with Crippen molar-refractivity contribution in [1.29, 1.82) is 0 Å². The first-order valence-corrected chi connectivity index (χ1v) is 6.68. The summed E-state index contributed by atoms with van der Waals surface area (Å²) >= 11 is 0. The van der Waals surface area contributed by atoms with Gasteiger partial charge in [-0.15, -0.1) is 0 Å². The lowest BCUT2D eigenvalue weighted by Gasteiger charge is -2.31. The molecule has 5 nitrogen and oxygen atoms in total. The van der Waals surface area contributed by atoms with Crippen molar-refractivity contribution < 1.29 is 4.74 Å². The van der Waals surface area contributed by atoms with Gasteiger partial charge in [0.25, 0.3) is 0 Å². The number of nitrogens with one attached hydrogen (secondary N) is 1. The largest absolute Gasteiger partial charge is 0.476 e. The highest BCUT2D eigenvalue weighted by Gasteiger charge is 2.19. The number of hydrogen-bond acceptors (Lipinski definition) is 5. The molecule has 1 aromatic heterocycles. The van der Waals surface area contributed by atoms with E-state index in [0.717, 1.165) is 12.4 Å². The first-order chi connectivity index (χ1) is 8.79.